The summed E-state index contributed by atoms with van der Waals surface area (Å²) in [5.74, 6) is 1.12. The minimum Gasteiger partial charge on any atom is -0.392 e. The maximum atomic E-state index is 12.8. The molecule has 0 radical (unpaired) electrons. The summed E-state index contributed by atoms with van der Waals surface area (Å²) in [6.45, 7) is 2.02. The maximum Gasteiger partial charge on any atom is 0.274 e. The Morgan fingerprint density at radius 2 is 2.04 bits per heavy atom. The van der Waals surface area contributed by atoms with Crippen LogP contribution in [0.25, 0.3) is 16.9 Å². The number of carbonyl (C=O) groups is 1. The van der Waals surface area contributed by atoms with Crippen molar-refractivity contribution in [3.8, 4) is 16.9 Å². The predicted molar refractivity (Wildman–Crippen MR) is 98.3 cm³/mol. The van der Waals surface area contributed by atoms with E-state index >= 15 is 0 Å². The molecule has 1 saturated carbocycles. The molecule has 0 spiro atoms. The quantitative estimate of drug-likeness (QED) is 0.772. The molecule has 5 rings (SSSR count). The molecule has 0 saturated heterocycles. The van der Waals surface area contributed by atoms with Crippen LogP contribution < -0.4 is 0 Å². The molecule has 0 unspecified atom stereocenters. The number of carbonyl (C=O) groups excluding carboxylic acids is 1. The standard InChI is InChI=1S/C20H19N5O2/c1-12-6-17-16(9-23-25(17)20(27)19(12)14-3-4-14)15-8-22-24(10-15)18-5-2-13(11-26)7-21-18/h2,5,7-10,14,26H,3-4,6,11H2,1H3. The molecule has 27 heavy (non-hydrogen) atoms. The lowest BCUT2D eigenvalue weighted by atomic mass is 9.94. The van der Waals surface area contributed by atoms with Crippen LogP contribution in [-0.4, -0.2) is 35.6 Å². The van der Waals surface area contributed by atoms with E-state index in [1.807, 2.05) is 18.3 Å². The van der Waals surface area contributed by atoms with Crippen LogP contribution in [0.2, 0.25) is 0 Å². The van der Waals surface area contributed by atoms with Crippen molar-refractivity contribution in [1.29, 1.82) is 0 Å². The number of aliphatic hydroxyl groups is 1. The molecular formula is C20H19N5O2. The molecule has 7 nitrogen and oxygen atoms in total. The molecule has 4 heterocycles. The second-order valence-corrected chi connectivity index (χ2v) is 7.22. The lowest BCUT2D eigenvalue weighted by Gasteiger charge is -2.19. The number of hydrogen-bond donors (Lipinski definition) is 1. The third-order valence-corrected chi connectivity index (χ3v) is 5.29. The fraction of sp³-hybridized carbons (Fsp3) is 0.300. The number of fused-ring (bicyclic) bond motifs is 1. The van der Waals surface area contributed by atoms with Crippen LogP contribution in [0.5, 0.6) is 0 Å². The molecule has 7 heteroatoms. The number of aliphatic hydroxyl groups excluding tert-OH is 1. The summed E-state index contributed by atoms with van der Waals surface area (Å²) in [4.78, 5) is 17.2. The average molecular weight is 361 g/mol. The molecule has 0 amide bonds. The van der Waals surface area contributed by atoms with Gasteiger partial charge in [-0.3, -0.25) is 4.79 Å². The van der Waals surface area contributed by atoms with E-state index in [4.69, 9.17) is 5.11 Å². The van der Waals surface area contributed by atoms with Gasteiger partial charge in [-0.05, 0) is 37.3 Å². The normalized spacial score (nSPS) is 16.7. The Kier molecular flexibility index (Phi) is 3.58. The Morgan fingerprint density at radius 1 is 1.19 bits per heavy atom. The van der Waals surface area contributed by atoms with Crippen molar-refractivity contribution in [2.45, 2.75) is 32.8 Å². The van der Waals surface area contributed by atoms with Gasteiger partial charge in [-0.1, -0.05) is 11.6 Å². The first kappa shape index (κ1) is 16.1. The van der Waals surface area contributed by atoms with Gasteiger partial charge in [0.15, 0.2) is 5.82 Å². The Hall–Kier alpha value is -3.06. The van der Waals surface area contributed by atoms with Crippen LogP contribution in [0.3, 0.4) is 0 Å². The molecule has 1 N–H and O–H groups in total. The molecule has 1 aliphatic carbocycles. The second-order valence-electron chi connectivity index (χ2n) is 7.22. The first-order chi connectivity index (χ1) is 13.2. The largest absolute Gasteiger partial charge is 0.392 e. The Morgan fingerprint density at radius 3 is 2.74 bits per heavy atom. The second kappa shape index (κ2) is 5.99. The molecular weight excluding hydrogens is 342 g/mol. The van der Waals surface area contributed by atoms with Crippen molar-refractivity contribution in [2.24, 2.45) is 5.92 Å². The van der Waals surface area contributed by atoms with Gasteiger partial charge in [-0.25, -0.2) is 14.3 Å². The van der Waals surface area contributed by atoms with Gasteiger partial charge in [0, 0.05) is 35.5 Å². The first-order valence-corrected chi connectivity index (χ1v) is 9.08. The summed E-state index contributed by atoms with van der Waals surface area (Å²) in [6.07, 6.45) is 9.98. The van der Waals surface area contributed by atoms with Gasteiger partial charge < -0.3 is 5.11 Å². The summed E-state index contributed by atoms with van der Waals surface area (Å²) in [5, 5.41) is 17.9. The number of pyridine rings is 1. The summed E-state index contributed by atoms with van der Waals surface area (Å²) >= 11 is 0. The zero-order valence-electron chi connectivity index (χ0n) is 15.0. The zero-order valence-corrected chi connectivity index (χ0v) is 15.0. The van der Waals surface area contributed by atoms with E-state index in [1.165, 1.54) is 0 Å². The van der Waals surface area contributed by atoms with E-state index in [-0.39, 0.29) is 12.5 Å². The molecule has 3 aromatic rings. The Balaban J connectivity index is 1.49. The van der Waals surface area contributed by atoms with Gasteiger partial charge >= 0.3 is 0 Å². The van der Waals surface area contributed by atoms with E-state index in [0.717, 1.165) is 52.8 Å². The van der Waals surface area contributed by atoms with Crippen molar-refractivity contribution < 1.29 is 9.90 Å². The maximum absolute atomic E-state index is 12.8. The Labute approximate surface area is 156 Å². The predicted octanol–water partition coefficient (Wildman–Crippen LogP) is 2.55. The summed E-state index contributed by atoms with van der Waals surface area (Å²) < 4.78 is 3.24. The lowest BCUT2D eigenvalue weighted by molar-refractivity contribution is 0.0924. The van der Waals surface area contributed by atoms with E-state index in [0.29, 0.717) is 11.7 Å². The van der Waals surface area contributed by atoms with Gasteiger partial charge in [0.2, 0.25) is 0 Å². The molecule has 136 valence electrons. The van der Waals surface area contributed by atoms with Crippen molar-refractivity contribution in [3.63, 3.8) is 0 Å². The number of aromatic nitrogens is 5. The molecule has 0 atom stereocenters. The topological polar surface area (TPSA) is 85.8 Å². The van der Waals surface area contributed by atoms with Gasteiger partial charge in [-0.2, -0.15) is 10.2 Å². The monoisotopic (exact) mass is 361 g/mol. The van der Waals surface area contributed by atoms with Gasteiger partial charge in [0.05, 0.1) is 24.7 Å². The van der Waals surface area contributed by atoms with Crippen LogP contribution in [0.1, 0.15) is 35.8 Å². The van der Waals surface area contributed by atoms with E-state index in [1.54, 1.807) is 28.0 Å². The fourth-order valence-corrected chi connectivity index (χ4v) is 3.73. The van der Waals surface area contributed by atoms with Crippen LogP contribution in [-0.2, 0) is 13.0 Å². The van der Waals surface area contributed by atoms with Gasteiger partial charge in [0.25, 0.3) is 5.91 Å². The van der Waals surface area contributed by atoms with E-state index < -0.39 is 0 Å². The number of nitrogens with zero attached hydrogens (tertiary/aromatic N) is 5. The van der Waals surface area contributed by atoms with Crippen LogP contribution in [0.15, 0.2) is 48.1 Å². The van der Waals surface area contributed by atoms with E-state index in [9.17, 15) is 4.79 Å². The third kappa shape index (κ3) is 2.62. The molecule has 2 aliphatic rings. The molecule has 0 bridgehead atoms. The van der Waals surface area contributed by atoms with Crippen molar-refractivity contribution in [2.75, 3.05) is 0 Å². The molecule has 1 fully saturated rings. The van der Waals surface area contributed by atoms with Crippen LogP contribution in [0.4, 0.5) is 0 Å². The summed E-state index contributed by atoms with van der Waals surface area (Å²) in [7, 11) is 0. The number of rotatable bonds is 4. The van der Waals surface area contributed by atoms with Crippen molar-refractivity contribution in [3.05, 3.63) is 59.3 Å². The SMILES string of the molecule is CC1=C(C2CC2)C(=O)n2ncc(-c3cnn(-c4ccc(CO)cn4)c3)c2C1. The van der Waals surface area contributed by atoms with Crippen molar-refractivity contribution in [1.82, 2.24) is 24.5 Å². The highest BCUT2D eigenvalue weighted by Gasteiger charge is 2.37. The highest BCUT2D eigenvalue weighted by atomic mass is 16.3. The summed E-state index contributed by atoms with van der Waals surface area (Å²) in [5.41, 5.74) is 5.62. The lowest BCUT2D eigenvalue weighted by Crippen LogP contribution is -2.25. The minimum atomic E-state index is -0.0378. The third-order valence-electron chi connectivity index (χ3n) is 5.29. The molecule has 1 aliphatic heterocycles. The highest BCUT2D eigenvalue weighted by Crippen LogP contribution is 2.42. The Bertz CT molecular complexity index is 1070. The van der Waals surface area contributed by atoms with Gasteiger partial charge in [0.1, 0.15) is 0 Å². The van der Waals surface area contributed by atoms with Crippen LogP contribution >= 0.6 is 0 Å². The minimum absolute atomic E-state index is 0.0242. The molecule has 3 aromatic heterocycles. The number of allylic oxidation sites excluding steroid dienone is 2. The summed E-state index contributed by atoms with van der Waals surface area (Å²) in [6, 6.07) is 3.63. The average Bonchev–Trinajstić information content (AvgIpc) is 3.23. The number of hydrogen-bond acceptors (Lipinski definition) is 5. The molecule has 0 aromatic carbocycles. The first-order valence-electron chi connectivity index (χ1n) is 9.08. The van der Waals surface area contributed by atoms with Gasteiger partial charge in [-0.15, -0.1) is 0 Å². The van der Waals surface area contributed by atoms with Crippen molar-refractivity contribution >= 4 is 5.91 Å². The highest BCUT2D eigenvalue weighted by molar-refractivity contribution is 5.99. The van der Waals surface area contributed by atoms with Crippen LogP contribution in [0, 0.1) is 5.92 Å². The zero-order chi connectivity index (χ0) is 18.5. The van der Waals surface area contributed by atoms with E-state index in [2.05, 4.69) is 22.1 Å². The smallest absolute Gasteiger partial charge is 0.274 e. The fourth-order valence-electron chi connectivity index (χ4n) is 3.73.